The summed E-state index contributed by atoms with van der Waals surface area (Å²) in [6.07, 6.45) is 3.83. The van der Waals surface area contributed by atoms with E-state index in [-0.39, 0.29) is 11.8 Å². The van der Waals surface area contributed by atoms with Crippen molar-refractivity contribution < 1.29 is 18.0 Å². The normalized spacial score (nSPS) is 24.6. The summed E-state index contributed by atoms with van der Waals surface area (Å²) in [6.45, 7) is 0. The average molecular weight is 242 g/mol. The van der Waals surface area contributed by atoms with Crippen LogP contribution in [0.5, 0.6) is 0 Å². The Morgan fingerprint density at radius 1 is 1.00 bits per heavy atom. The van der Waals surface area contributed by atoms with Crippen molar-refractivity contribution in [2.45, 2.75) is 31.6 Å². The van der Waals surface area contributed by atoms with Crippen LogP contribution in [0.1, 0.15) is 37.2 Å². The lowest BCUT2D eigenvalue weighted by molar-refractivity contribution is -0.111. The van der Waals surface area contributed by atoms with E-state index in [1.54, 1.807) is 0 Å². The van der Waals surface area contributed by atoms with Crippen LogP contribution in [0.3, 0.4) is 0 Å². The van der Waals surface area contributed by atoms with E-state index >= 15 is 0 Å². The maximum absolute atomic E-state index is 13.1. The highest BCUT2D eigenvalue weighted by Crippen LogP contribution is 2.35. The molecule has 4 heteroatoms. The van der Waals surface area contributed by atoms with Gasteiger partial charge in [0.1, 0.15) is 6.29 Å². The molecule has 0 atom stereocenters. The van der Waals surface area contributed by atoms with Crippen LogP contribution in [0, 0.1) is 23.4 Å². The standard InChI is InChI=1S/C13H13F3O/c14-11-5-10(6-12(15)13(11)16)9-3-1-8(7-17)2-4-9/h5-9H,1-4H2/t8-,9-. The van der Waals surface area contributed by atoms with Crippen LogP contribution in [0.2, 0.25) is 0 Å². The minimum atomic E-state index is -1.42. The molecule has 0 unspecified atom stereocenters. The van der Waals surface area contributed by atoms with Crippen LogP contribution in [-0.4, -0.2) is 6.29 Å². The molecule has 92 valence electrons. The molecule has 0 spiro atoms. The summed E-state index contributed by atoms with van der Waals surface area (Å²) in [5, 5.41) is 0. The highest BCUT2D eigenvalue weighted by Gasteiger charge is 2.23. The highest BCUT2D eigenvalue weighted by atomic mass is 19.2. The molecule has 1 aromatic rings. The number of aldehydes is 1. The van der Waals surface area contributed by atoms with Crippen LogP contribution in [0.4, 0.5) is 13.2 Å². The zero-order valence-electron chi connectivity index (χ0n) is 9.26. The van der Waals surface area contributed by atoms with E-state index in [1.165, 1.54) is 0 Å². The highest BCUT2D eigenvalue weighted by molar-refractivity contribution is 5.53. The molecule has 0 bridgehead atoms. The lowest BCUT2D eigenvalue weighted by atomic mass is 9.79. The molecule has 1 aromatic carbocycles. The fourth-order valence-electron chi connectivity index (χ4n) is 2.40. The topological polar surface area (TPSA) is 17.1 Å². The van der Waals surface area contributed by atoms with Gasteiger partial charge in [-0.3, -0.25) is 0 Å². The second-order valence-corrected chi connectivity index (χ2v) is 4.55. The van der Waals surface area contributed by atoms with Crippen molar-refractivity contribution in [3.8, 4) is 0 Å². The molecule has 1 saturated carbocycles. The van der Waals surface area contributed by atoms with E-state index in [0.29, 0.717) is 18.4 Å². The van der Waals surface area contributed by atoms with Crippen molar-refractivity contribution >= 4 is 6.29 Å². The van der Waals surface area contributed by atoms with Gasteiger partial charge in [-0.05, 0) is 49.3 Å². The SMILES string of the molecule is O=C[C@H]1CC[C@H](c2cc(F)c(F)c(F)c2)CC1. The van der Waals surface area contributed by atoms with E-state index in [4.69, 9.17) is 0 Å². The van der Waals surface area contributed by atoms with Crippen LogP contribution < -0.4 is 0 Å². The smallest absolute Gasteiger partial charge is 0.194 e. The van der Waals surface area contributed by atoms with Crippen LogP contribution in [-0.2, 0) is 4.79 Å². The second kappa shape index (κ2) is 4.90. The lowest BCUT2D eigenvalue weighted by Gasteiger charge is -2.25. The third-order valence-corrected chi connectivity index (χ3v) is 3.44. The fourth-order valence-corrected chi connectivity index (χ4v) is 2.40. The minimum absolute atomic E-state index is 0.0239. The monoisotopic (exact) mass is 242 g/mol. The van der Waals surface area contributed by atoms with Gasteiger partial charge in [0, 0.05) is 5.92 Å². The first-order chi connectivity index (χ1) is 8.11. The number of benzene rings is 1. The van der Waals surface area contributed by atoms with Gasteiger partial charge in [-0.25, -0.2) is 13.2 Å². The number of hydrogen-bond acceptors (Lipinski definition) is 1. The molecule has 0 aliphatic heterocycles. The first kappa shape index (κ1) is 12.1. The molecular formula is C13H13F3O. The summed E-state index contributed by atoms with van der Waals surface area (Å²) in [6, 6.07) is 2.12. The van der Waals surface area contributed by atoms with Crippen LogP contribution >= 0.6 is 0 Å². The van der Waals surface area contributed by atoms with Gasteiger partial charge in [-0.1, -0.05) is 0 Å². The van der Waals surface area contributed by atoms with Crippen molar-refractivity contribution in [2.75, 3.05) is 0 Å². The number of rotatable bonds is 2. The molecule has 1 aliphatic rings. The van der Waals surface area contributed by atoms with E-state index in [9.17, 15) is 18.0 Å². The van der Waals surface area contributed by atoms with Gasteiger partial charge in [-0.2, -0.15) is 0 Å². The summed E-state index contributed by atoms with van der Waals surface area (Å²) in [5.74, 6) is -3.62. The number of halogens is 3. The van der Waals surface area contributed by atoms with E-state index in [2.05, 4.69) is 0 Å². The summed E-state index contributed by atoms with van der Waals surface area (Å²) in [4.78, 5) is 10.6. The Labute approximate surface area is 97.6 Å². The molecule has 0 saturated heterocycles. The van der Waals surface area contributed by atoms with Gasteiger partial charge in [0.15, 0.2) is 17.5 Å². The van der Waals surface area contributed by atoms with Gasteiger partial charge < -0.3 is 4.79 Å². The van der Waals surface area contributed by atoms with Gasteiger partial charge >= 0.3 is 0 Å². The van der Waals surface area contributed by atoms with Crippen molar-refractivity contribution in [1.82, 2.24) is 0 Å². The predicted octanol–water partition coefficient (Wildman–Crippen LogP) is 3.58. The zero-order chi connectivity index (χ0) is 12.4. The molecule has 1 fully saturated rings. The molecular weight excluding hydrogens is 229 g/mol. The summed E-state index contributed by atoms with van der Waals surface area (Å²) in [7, 11) is 0. The quantitative estimate of drug-likeness (QED) is 0.572. The molecule has 1 aliphatic carbocycles. The maximum atomic E-state index is 13.1. The first-order valence-electron chi connectivity index (χ1n) is 5.71. The Bertz CT molecular complexity index is 400. The summed E-state index contributed by atoms with van der Waals surface area (Å²) < 4.78 is 38.9. The Kier molecular flexibility index (Phi) is 3.50. The van der Waals surface area contributed by atoms with E-state index in [1.807, 2.05) is 0 Å². The lowest BCUT2D eigenvalue weighted by Crippen LogP contribution is -2.14. The second-order valence-electron chi connectivity index (χ2n) is 4.55. The minimum Gasteiger partial charge on any atom is -0.303 e. The zero-order valence-corrected chi connectivity index (χ0v) is 9.26. The van der Waals surface area contributed by atoms with Crippen LogP contribution in [0.25, 0.3) is 0 Å². The van der Waals surface area contributed by atoms with Gasteiger partial charge in [0.25, 0.3) is 0 Å². The largest absolute Gasteiger partial charge is 0.303 e. The van der Waals surface area contributed by atoms with Gasteiger partial charge in [0.2, 0.25) is 0 Å². The van der Waals surface area contributed by atoms with Crippen molar-refractivity contribution in [2.24, 2.45) is 5.92 Å². The van der Waals surface area contributed by atoms with Gasteiger partial charge in [0.05, 0.1) is 0 Å². The molecule has 0 aromatic heterocycles. The summed E-state index contributed by atoms with van der Waals surface area (Å²) in [5.41, 5.74) is 0.491. The molecule has 1 nitrogen and oxygen atoms in total. The van der Waals surface area contributed by atoms with Crippen molar-refractivity contribution in [3.63, 3.8) is 0 Å². The molecule has 0 N–H and O–H groups in total. The first-order valence-corrected chi connectivity index (χ1v) is 5.71. The Morgan fingerprint density at radius 3 is 2.00 bits per heavy atom. The van der Waals surface area contributed by atoms with Crippen molar-refractivity contribution in [3.05, 3.63) is 35.1 Å². The van der Waals surface area contributed by atoms with Crippen LogP contribution in [0.15, 0.2) is 12.1 Å². The molecule has 0 heterocycles. The Hall–Kier alpha value is -1.32. The van der Waals surface area contributed by atoms with Gasteiger partial charge in [-0.15, -0.1) is 0 Å². The predicted molar refractivity (Wildman–Crippen MR) is 57.1 cm³/mol. The van der Waals surface area contributed by atoms with Crippen molar-refractivity contribution in [1.29, 1.82) is 0 Å². The molecule has 2 rings (SSSR count). The summed E-state index contributed by atoms with van der Waals surface area (Å²) >= 11 is 0. The number of hydrogen-bond donors (Lipinski definition) is 0. The molecule has 0 radical (unpaired) electrons. The van der Waals surface area contributed by atoms with E-state index < -0.39 is 17.5 Å². The number of carbonyl (C=O) groups is 1. The average Bonchev–Trinajstić information content (AvgIpc) is 2.35. The fraction of sp³-hybridized carbons (Fsp3) is 0.462. The Balaban J connectivity index is 2.16. The number of carbonyl (C=O) groups excluding carboxylic acids is 1. The third-order valence-electron chi connectivity index (χ3n) is 3.44. The maximum Gasteiger partial charge on any atom is 0.194 e. The third kappa shape index (κ3) is 2.51. The molecule has 0 amide bonds. The Morgan fingerprint density at radius 2 is 1.53 bits per heavy atom. The molecule has 17 heavy (non-hydrogen) atoms. The van der Waals surface area contributed by atoms with E-state index in [0.717, 1.165) is 31.3 Å².